The summed E-state index contributed by atoms with van der Waals surface area (Å²) in [6.45, 7) is 0. The fourth-order valence-electron chi connectivity index (χ4n) is 1.67. The monoisotopic (exact) mass is 277 g/mol. The summed E-state index contributed by atoms with van der Waals surface area (Å²) in [6.07, 6.45) is 1.36. The van der Waals surface area contributed by atoms with Crippen molar-refractivity contribution in [3.63, 3.8) is 0 Å². The van der Waals surface area contributed by atoms with E-state index in [1.807, 2.05) is 0 Å². The number of aromatic carboxylic acids is 2. The Morgan fingerprint density at radius 1 is 1.11 bits per heavy atom. The van der Waals surface area contributed by atoms with Crippen LogP contribution >= 0.6 is 11.6 Å². The molecule has 0 saturated carbocycles. The van der Waals surface area contributed by atoms with Crippen LogP contribution in [0.15, 0.2) is 36.5 Å². The van der Waals surface area contributed by atoms with Gasteiger partial charge in [-0.1, -0.05) is 23.7 Å². The molecule has 0 radical (unpaired) electrons. The minimum Gasteiger partial charge on any atom is -0.478 e. The van der Waals surface area contributed by atoms with Gasteiger partial charge in [0.2, 0.25) is 0 Å². The Hall–Kier alpha value is -2.40. The van der Waals surface area contributed by atoms with E-state index < -0.39 is 11.9 Å². The van der Waals surface area contributed by atoms with Gasteiger partial charge >= 0.3 is 11.9 Å². The molecule has 2 N–H and O–H groups in total. The molecule has 0 aliphatic heterocycles. The highest BCUT2D eigenvalue weighted by Crippen LogP contribution is 2.27. The molecule has 0 aliphatic rings. The Balaban J connectivity index is 2.63. The number of hydrogen-bond donors (Lipinski definition) is 2. The van der Waals surface area contributed by atoms with Crippen molar-refractivity contribution in [2.75, 3.05) is 0 Å². The summed E-state index contributed by atoms with van der Waals surface area (Å²) in [4.78, 5) is 25.9. The number of pyridine rings is 1. The van der Waals surface area contributed by atoms with Gasteiger partial charge in [-0.2, -0.15) is 0 Å². The quantitative estimate of drug-likeness (QED) is 0.901. The van der Waals surface area contributed by atoms with Crippen molar-refractivity contribution >= 4 is 23.5 Å². The summed E-state index contributed by atoms with van der Waals surface area (Å²) in [7, 11) is 0. The number of rotatable bonds is 3. The van der Waals surface area contributed by atoms with Gasteiger partial charge in [-0.3, -0.25) is 0 Å². The predicted molar refractivity (Wildman–Crippen MR) is 68.6 cm³/mol. The summed E-state index contributed by atoms with van der Waals surface area (Å²) < 4.78 is 0. The molecule has 5 nitrogen and oxygen atoms in total. The number of carboxylic acids is 2. The van der Waals surface area contributed by atoms with Crippen LogP contribution in [0.1, 0.15) is 20.8 Å². The van der Waals surface area contributed by atoms with Crippen molar-refractivity contribution in [2.45, 2.75) is 0 Å². The molecule has 1 aromatic heterocycles. The predicted octanol–water partition coefficient (Wildman–Crippen LogP) is 2.80. The summed E-state index contributed by atoms with van der Waals surface area (Å²) in [5, 5.41) is 18.1. The van der Waals surface area contributed by atoms with E-state index in [4.69, 9.17) is 21.8 Å². The van der Waals surface area contributed by atoms with Gasteiger partial charge < -0.3 is 10.2 Å². The van der Waals surface area contributed by atoms with Crippen LogP contribution in [0.5, 0.6) is 0 Å². The molecule has 2 rings (SSSR count). The maximum Gasteiger partial charge on any atom is 0.355 e. The first-order valence-electron chi connectivity index (χ1n) is 5.22. The van der Waals surface area contributed by atoms with Crippen LogP contribution in [0.3, 0.4) is 0 Å². The Labute approximate surface area is 113 Å². The molecule has 19 heavy (non-hydrogen) atoms. The van der Waals surface area contributed by atoms with Crippen molar-refractivity contribution in [1.82, 2.24) is 4.98 Å². The van der Waals surface area contributed by atoms with Crippen LogP contribution in [0.25, 0.3) is 11.1 Å². The molecule has 0 fully saturated rings. The molecule has 2 aromatic rings. The zero-order valence-electron chi connectivity index (χ0n) is 9.50. The average Bonchev–Trinajstić information content (AvgIpc) is 2.39. The van der Waals surface area contributed by atoms with Gasteiger partial charge in [0, 0.05) is 11.8 Å². The number of hydrogen-bond acceptors (Lipinski definition) is 3. The van der Waals surface area contributed by atoms with Crippen LogP contribution in [-0.2, 0) is 0 Å². The lowest BCUT2D eigenvalue weighted by Crippen LogP contribution is -2.03. The molecule has 1 aromatic carbocycles. The van der Waals surface area contributed by atoms with E-state index in [1.54, 1.807) is 18.2 Å². The van der Waals surface area contributed by atoms with E-state index in [-0.39, 0.29) is 16.3 Å². The van der Waals surface area contributed by atoms with E-state index in [0.29, 0.717) is 11.1 Å². The van der Waals surface area contributed by atoms with Gasteiger partial charge in [-0.25, -0.2) is 14.6 Å². The number of carbonyl (C=O) groups is 2. The van der Waals surface area contributed by atoms with Crippen molar-refractivity contribution < 1.29 is 19.8 Å². The molecular formula is C13H8ClNO4. The number of aromatic nitrogens is 1. The average molecular weight is 278 g/mol. The second-order valence-electron chi connectivity index (χ2n) is 3.70. The van der Waals surface area contributed by atoms with Crippen molar-refractivity contribution in [3.05, 3.63) is 52.8 Å². The normalized spacial score (nSPS) is 10.2. The third-order valence-corrected chi connectivity index (χ3v) is 2.85. The van der Waals surface area contributed by atoms with Crippen LogP contribution in [-0.4, -0.2) is 27.1 Å². The van der Waals surface area contributed by atoms with Crippen molar-refractivity contribution in [2.24, 2.45) is 0 Å². The minimum absolute atomic E-state index is 0.0839. The van der Waals surface area contributed by atoms with Gasteiger partial charge in [-0.05, 0) is 23.8 Å². The van der Waals surface area contributed by atoms with E-state index >= 15 is 0 Å². The second-order valence-corrected chi connectivity index (χ2v) is 4.11. The van der Waals surface area contributed by atoms with Gasteiger partial charge in [0.05, 0.1) is 10.6 Å². The lowest BCUT2D eigenvalue weighted by atomic mass is 10.0. The largest absolute Gasteiger partial charge is 0.478 e. The van der Waals surface area contributed by atoms with E-state index in [2.05, 4.69) is 4.98 Å². The maximum absolute atomic E-state index is 11.1. The smallest absolute Gasteiger partial charge is 0.355 e. The SMILES string of the molecule is O=C(O)c1cc(-c2cccnc2C(=O)O)ccc1Cl. The molecular weight excluding hydrogens is 270 g/mol. The van der Waals surface area contributed by atoms with E-state index in [9.17, 15) is 9.59 Å². The second kappa shape index (κ2) is 5.07. The number of carboxylic acid groups (broad SMARTS) is 2. The van der Waals surface area contributed by atoms with E-state index in [0.717, 1.165) is 0 Å². The molecule has 6 heteroatoms. The summed E-state index contributed by atoms with van der Waals surface area (Å²) >= 11 is 5.77. The van der Waals surface area contributed by atoms with Crippen molar-refractivity contribution in [3.8, 4) is 11.1 Å². The fraction of sp³-hybridized carbons (Fsp3) is 0. The summed E-state index contributed by atoms with van der Waals surface area (Å²) in [5.41, 5.74) is 0.557. The molecule has 96 valence electrons. The highest BCUT2D eigenvalue weighted by atomic mass is 35.5. The molecule has 0 saturated heterocycles. The Morgan fingerprint density at radius 2 is 1.84 bits per heavy atom. The summed E-state index contributed by atoms with van der Waals surface area (Å²) in [5.74, 6) is -2.35. The molecule has 1 heterocycles. The van der Waals surface area contributed by atoms with Gasteiger partial charge in [0.1, 0.15) is 0 Å². The topological polar surface area (TPSA) is 87.5 Å². The molecule has 0 bridgehead atoms. The van der Waals surface area contributed by atoms with Crippen molar-refractivity contribution in [1.29, 1.82) is 0 Å². The third kappa shape index (κ3) is 2.56. The lowest BCUT2D eigenvalue weighted by Gasteiger charge is -2.07. The molecule has 0 atom stereocenters. The van der Waals surface area contributed by atoms with Gasteiger partial charge in [-0.15, -0.1) is 0 Å². The number of benzene rings is 1. The maximum atomic E-state index is 11.1. The Kier molecular flexibility index (Phi) is 3.48. The highest BCUT2D eigenvalue weighted by Gasteiger charge is 2.15. The van der Waals surface area contributed by atoms with Gasteiger partial charge in [0.15, 0.2) is 5.69 Å². The molecule has 0 spiro atoms. The third-order valence-electron chi connectivity index (χ3n) is 2.52. The molecule has 0 unspecified atom stereocenters. The fourth-order valence-corrected chi connectivity index (χ4v) is 1.86. The van der Waals surface area contributed by atoms with Gasteiger partial charge in [0.25, 0.3) is 0 Å². The summed E-state index contributed by atoms with van der Waals surface area (Å²) in [6, 6.07) is 7.44. The Morgan fingerprint density at radius 3 is 2.47 bits per heavy atom. The number of halogens is 1. The molecule has 0 aliphatic carbocycles. The van der Waals surface area contributed by atoms with Crippen LogP contribution < -0.4 is 0 Å². The number of nitrogens with zero attached hydrogens (tertiary/aromatic N) is 1. The van der Waals surface area contributed by atoms with Crippen LogP contribution in [0, 0.1) is 0 Å². The lowest BCUT2D eigenvalue weighted by molar-refractivity contribution is 0.0684. The van der Waals surface area contributed by atoms with Crippen LogP contribution in [0.4, 0.5) is 0 Å². The zero-order valence-corrected chi connectivity index (χ0v) is 10.3. The minimum atomic E-state index is -1.18. The first kappa shape index (κ1) is 13.0. The standard InChI is InChI=1S/C13H8ClNO4/c14-10-4-3-7(6-9(10)12(16)17)8-2-1-5-15-11(8)13(18)19/h1-6H,(H,16,17)(H,18,19). The Bertz CT molecular complexity index is 669. The first-order chi connectivity index (χ1) is 9.00. The molecule has 0 amide bonds. The zero-order chi connectivity index (χ0) is 14.0. The first-order valence-corrected chi connectivity index (χ1v) is 5.60. The van der Waals surface area contributed by atoms with Crippen LogP contribution in [0.2, 0.25) is 5.02 Å². The van der Waals surface area contributed by atoms with E-state index in [1.165, 1.54) is 18.3 Å². The highest BCUT2D eigenvalue weighted by molar-refractivity contribution is 6.33.